The third-order valence-electron chi connectivity index (χ3n) is 3.55. The molecule has 4 nitrogen and oxygen atoms in total. The Bertz CT molecular complexity index is 580. The zero-order valence-corrected chi connectivity index (χ0v) is 12.6. The Kier molecular flexibility index (Phi) is 4.14. The van der Waals surface area contributed by atoms with E-state index in [0.717, 1.165) is 36.5 Å². The Morgan fingerprint density at radius 3 is 3.10 bits per heavy atom. The molecule has 1 fully saturated rings. The van der Waals surface area contributed by atoms with Gasteiger partial charge in [0.15, 0.2) is 0 Å². The summed E-state index contributed by atoms with van der Waals surface area (Å²) in [5, 5.41) is 14.4. The van der Waals surface area contributed by atoms with Gasteiger partial charge in [-0.15, -0.1) is 22.7 Å². The molecule has 1 saturated heterocycles. The van der Waals surface area contributed by atoms with Crippen LogP contribution in [0.15, 0.2) is 22.9 Å². The van der Waals surface area contributed by atoms with Gasteiger partial charge in [0.2, 0.25) is 0 Å². The van der Waals surface area contributed by atoms with E-state index in [1.165, 1.54) is 4.88 Å². The van der Waals surface area contributed by atoms with Gasteiger partial charge in [0.1, 0.15) is 11.0 Å². The summed E-state index contributed by atoms with van der Waals surface area (Å²) in [4.78, 5) is 19.1. The van der Waals surface area contributed by atoms with Crippen LogP contribution in [0.5, 0.6) is 0 Å². The Labute approximate surface area is 125 Å². The van der Waals surface area contributed by atoms with E-state index in [4.69, 9.17) is 0 Å². The molecule has 106 valence electrons. The van der Waals surface area contributed by atoms with Gasteiger partial charge in [0.05, 0.1) is 10.6 Å². The van der Waals surface area contributed by atoms with Crippen molar-refractivity contribution in [2.75, 3.05) is 6.54 Å². The van der Waals surface area contributed by atoms with Crippen LogP contribution in [0.25, 0.3) is 9.88 Å². The average Bonchev–Trinajstić information content (AvgIpc) is 3.09. The number of piperidine rings is 1. The van der Waals surface area contributed by atoms with Gasteiger partial charge in [0, 0.05) is 11.9 Å². The second kappa shape index (κ2) is 6.03. The van der Waals surface area contributed by atoms with E-state index in [1.54, 1.807) is 22.7 Å². The highest BCUT2D eigenvalue weighted by atomic mass is 32.1. The molecule has 0 aromatic carbocycles. The second-order valence-electron chi connectivity index (χ2n) is 4.94. The van der Waals surface area contributed by atoms with E-state index in [0.29, 0.717) is 6.54 Å². The van der Waals surface area contributed by atoms with Crippen LogP contribution in [0, 0.1) is 0 Å². The van der Waals surface area contributed by atoms with Gasteiger partial charge >= 0.3 is 5.97 Å². The SMILES string of the molecule is O=C(O)C1CCCCN1Cc1csc(-c2cccs2)n1. The third kappa shape index (κ3) is 2.92. The van der Waals surface area contributed by atoms with Crippen LogP contribution in [0.2, 0.25) is 0 Å². The van der Waals surface area contributed by atoms with Crippen LogP contribution in [0.1, 0.15) is 25.0 Å². The van der Waals surface area contributed by atoms with Crippen molar-refractivity contribution in [1.29, 1.82) is 0 Å². The fourth-order valence-corrected chi connectivity index (χ4v) is 4.19. The summed E-state index contributed by atoms with van der Waals surface area (Å²) in [5.74, 6) is -0.710. The summed E-state index contributed by atoms with van der Waals surface area (Å²) < 4.78 is 0. The molecule has 1 N–H and O–H groups in total. The number of carboxylic acids is 1. The van der Waals surface area contributed by atoms with Crippen molar-refractivity contribution in [3.63, 3.8) is 0 Å². The topological polar surface area (TPSA) is 53.4 Å². The minimum Gasteiger partial charge on any atom is -0.480 e. The van der Waals surface area contributed by atoms with Gasteiger partial charge in [-0.3, -0.25) is 9.69 Å². The molecule has 0 saturated carbocycles. The van der Waals surface area contributed by atoms with Crippen molar-refractivity contribution in [1.82, 2.24) is 9.88 Å². The molecule has 20 heavy (non-hydrogen) atoms. The lowest BCUT2D eigenvalue weighted by atomic mass is 10.0. The minimum atomic E-state index is -0.710. The van der Waals surface area contributed by atoms with Crippen LogP contribution in [0.3, 0.4) is 0 Å². The zero-order valence-electron chi connectivity index (χ0n) is 11.0. The predicted octanol–water partition coefficient (Wildman–Crippen LogP) is 3.31. The molecule has 0 aliphatic carbocycles. The van der Waals surface area contributed by atoms with E-state index < -0.39 is 5.97 Å². The molecule has 0 radical (unpaired) electrons. The summed E-state index contributed by atoms with van der Waals surface area (Å²) in [6.07, 6.45) is 2.83. The maximum Gasteiger partial charge on any atom is 0.320 e. The molecule has 0 spiro atoms. The standard InChI is InChI=1S/C14H16N2O2S2/c17-14(18)11-4-1-2-6-16(11)8-10-9-20-13(15-10)12-5-3-7-19-12/h3,5,7,9,11H,1-2,4,6,8H2,(H,17,18). The summed E-state index contributed by atoms with van der Waals surface area (Å²) in [6, 6.07) is 3.73. The molecule has 1 unspecified atom stereocenters. The van der Waals surface area contributed by atoms with Crippen molar-refractivity contribution >= 4 is 28.6 Å². The average molecular weight is 308 g/mol. The number of thiophene rings is 1. The van der Waals surface area contributed by atoms with Crippen molar-refractivity contribution in [3.05, 3.63) is 28.6 Å². The molecule has 3 heterocycles. The van der Waals surface area contributed by atoms with E-state index in [9.17, 15) is 9.90 Å². The van der Waals surface area contributed by atoms with Crippen LogP contribution in [-0.2, 0) is 11.3 Å². The van der Waals surface area contributed by atoms with Crippen molar-refractivity contribution in [2.24, 2.45) is 0 Å². The quantitative estimate of drug-likeness (QED) is 0.941. The van der Waals surface area contributed by atoms with Crippen LogP contribution in [0.4, 0.5) is 0 Å². The largest absolute Gasteiger partial charge is 0.480 e. The number of carboxylic acid groups (broad SMARTS) is 1. The molecular formula is C14H16N2O2S2. The number of hydrogen-bond donors (Lipinski definition) is 1. The minimum absolute atomic E-state index is 0.351. The Hall–Kier alpha value is -1.24. The maximum absolute atomic E-state index is 11.3. The van der Waals surface area contributed by atoms with Crippen molar-refractivity contribution in [2.45, 2.75) is 31.8 Å². The fraction of sp³-hybridized carbons (Fsp3) is 0.429. The summed E-state index contributed by atoms with van der Waals surface area (Å²) in [5.41, 5.74) is 0.978. The second-order valence-corrected chi connectivity index (χ2v) is 6.75. The lowest BCUT2D eigenvalue weighted by Gasteiger charge is -2.32. The number of hydrogen-bond acceptors (Lipinski definition) is 5. The number of thiazole rings is 1. The summed E-state index contributed by atoms with van der Waals surface area (Å²) >= 11 is 3.31. The van der Waals surface area contributed by atoms with E-state index in [-0.39, 0.29) is 6.04 Å². The Morgan fingerprint density at radius 1 is 1.45 bits per heavy atom. The number of likely N-dealkylation sites (tertiary alicyclic amines) is 1. The maximum atomic E-state index is 11.3. The molecule has 1 aliphatic heterocycles. The first-order valence-electron chi connectivity index (χ1n) is 6.69. The molecule has 3 rings (SSSR count). The van der Waals surface area contributed by atoms with Crippen LogP contribution in [-0.4, -0.2) is 33.5 Å². The van der Waals surface area contributed by atoms with E-state index >= 15 is 0 Å². The number of rotatable bonds is 4. The van der Waals surface area contributed by atoms with Crippen LogP contribution < -0.4 is 0 Å². The molecule has 1 atom stereocenters. The number of carbonyl (C=O) groups is 1. The number of nitrogens with zero attached hydrogens (tertiary/aromatic N) is 2. The fourth-order valence-electron chi connectivity index (χ4n) is 2.56. The predicted molar refractivity (Wildman–Crippen MR) is 81.1 cm³/mol. The Morgan fingerprint density at radius 2 is 2.35 bits per heavy atom. The highest BCUT2D eigenvalue weighted by Crippen LogP contribution is 2.29. The third-order valence-corrected chi connectivity index (χ3v) is 5.48. The zero-order chi connectivity index (χ0) is 13.9. The first-order chi connectivity index (χ1) is 9.74. The van der Waals surface area contributed by atoms with Crippen LogP contribution >= 0.6 is 22.7 Å². The smallest absolute Gasteiger partial charge is 0.320 e. The molecule has 2 aromatic rings. The number of aromatic nitrogens is 1. The Balaban J connectivity index is 1.72. The van der Waals surface area contributed by atoms with Gasteiger partial charge in [-0.2, -0.15) is 0 Å². The molecule has 0 bridgehead atoms. The lowest BCUT2D eigenvalue weighted by Crippen LogP contribution is -2.44. The summed E-state index contributed by atoms with van der Waals surface area (Å²) in [6.45, 7) is 1.49. The molecule has 6 heteroatoms. The molecule has 2 aromatic heterocycles. The van der Waals surface area contributed by atoms with Crippen molar-refractivity contribution in [3.8, 4) is 9.88 Å². The van der Waals surface area contributed by atoms with Gasteiger partial charge in [-0.05, 0) is 30.8 Å². The highest BCUT2D eigenvalue weighted by Gasteiger charge is 2.28. The van der Waals surface area contributed by atoms with Gasteiger partial charge < -0.3 is 5.11 Å². The first-order valence-corrected chi connectivity index (χ1v) is 8.45. The monoisotopic (exact) mass is 308 g/mol. The van der Waals surface area contributed by atoms with E-state index in [1.807, 2.05) is 21.7 Å². The van der Waals surface area contributed by atoms with Gasteiger partial charge in [-0.25, -0.2) is 4.98 Å². The normalized spacial score (nSPS) is 20.1. The summed E-state index contributed by atoms with van der Waals surface area (Å²) in [7, 11) is 0. The molecule has 1 aliphatic rings. The van der Waals surface area contributed by atoms with Gasteiger partial charge in [0.25, 0.3) is 0 Å². The molecular weight excluding hydrogens is 292 g/mol. The number of aliphatic carboxylic acids is 1. The van der Waals surface area contributed by atoms with E-state index in [2.05, 4.69) is 11.1 Å². The highest BCUT2D eigenvalue weighted by molar-refractivity contribution is 7.20. The van der Waals surface area contributed by atoms with Gasteiger partial charge in [-0.1, -0.05) is 12.5 Å². The molecule has 0 amide bonds. The lowest BCUT2D eigenvalue weighted by molar-refractivity contribution is -0.144. The van der Waals surface area contributed by atoms with Crippen molar-refractivity contribution < 1.29 is 9.90 Å². The first kappa shape index (κ1) is 13.7.